The SMILES string of the molecule is CC1CCCC(C(=O)NC2CCC(C)(C)CC2)C1N. The molecule has 0 heterocycles. The molecule has 2 aliphatic carbocycles. The quantitative estimate of drug-likeness (QED) is 0.807. The van der Waals surface area contributed by atoms with E-state index in [-0.39, 0.29) is 17.9 Å². The van der Waals surface area contributed by atoms with Gasteiger partial charge in [-0.05, 0) is 49.9 Å². The summed E-state index contributed by atoms with van der Waals surface area (Å²) in [5.74, 6) is 0.734. The van der Waals surface area contributed by atoms with Crippen molar-refractivity contribution >= 4 is 5.91 Å². The van der Waals surface area contributed by atoms with Crippen molar-refractivity contribution in [3.63, 3.8) is 0 Å². The second-order valence-corrected chi connectivity index (χ2v) is 7.54. The summed E-state index contributed by atoms with van der Waals surface area (Å²) >= 11 is 0. The second kappa shape index (κ2) is 5.82. The van der Waals surface area contributed by atoms with Crippen LogP contribution in [0, 0.1) is 17.3 Å². The van der Waals surface area contributed by atoms with Crippen LogP contribution >= 0.6 is 0 Å². The van der Waals surface area contributed by atoms with Crippen molar-refractivity contribution < 1.29 is 4.79 Å². The first-order valence-electron chi connectivity index (χ1n) is 7.95. The highest BCUT2D eigenvalue weighted by atomic mass is 16.2. The van der Waals surface area contributed by atoms with Gasteiger partial charge in [-0.1, -0.05) is 27.2 Å². The molecule has 19 heavy (non-hydrogen) atoms. The molecule has 0 aromatic carbocycles. The van der Waals surface area contributed by atoms with E-state index in [2.05, 4.69) is 26.1 Å². The minimum Gasteiger partial charge on any atom is -0.353 e. The van der Waals surface area contributed by atoms with Crippen LogP contribution in [-0.4, -0.2) is 18.0 Å². The first kappa shape index (κ1) is 14.8. The van der Waals surface area contributed by atoms with Crippen LogP contribution in [-0.2, 0) is 4.79 Å². The highest BCUT2D eigenvalue weighted by Crippen LogP contribution is 2.35. The molecule has 0 aliphatic heterocycles. The molecule has 2 saturated carbocycles. The van der Waals surface area contributed by atoms with E-state index >= 15 is 0 Å². The molecule has 3 heteroatoms. The van der Waals surface area contributed by atoms with Crippen molar-refractivity contribution in [1.82, 2.24) is 5.32 Å². The standard InChI is InChI=1S/C16H30N2O/c1-11-5-4-6-13(14(11)17)15(19)18-12-7-9-16(2,3)10-8-12/h11-14H,4-10,17H2,1-3H3,(H,18,19). The predicted octanol–water partition coefficient (Wildman–Crippen LogP) is 2.83. The average molecular weight is 266 g/mol. The van der Waals surface area contributed by atoms with Crippen molar-refractivity contribution in [3.05, 3.63) is 0 Å². The molecular formula is C16H30N2O. The number of carbonyl (C=O) groups excluding carboxylic acids is 1. The van der Waals surface area contributed by atoms with Gasteiger partial charge in [-0.2, -0.15) is 0 Å². The van der Waals surface area contributed by atoms with Gasteiger partial charge >= 0.3 is 0 Å². The number of rotatable bonds is 2. The first-order valence-corrected chi connectivity index (χ1v) is 7.95. The maximum Gasteiger partial charge on any atom is 0.224 e. The third kappa shape index (κ3) is 3.71. The van der Waals surface area contributed by atoms with Crippen molar-refractivity contribution in [2.75, 3.05) is 0 Å². The molecule has 2 fully saturated rings. The maximum atomic E-state index is 12.4. The average Bonchev–Trinajstić information content (AvgIpc) is 2.35. The first-order chi connectivity index (χ1) is 8.89. The Kier molecular flexibility index (Phi) is 4.54. The van der Waals surface area contributed by atoms with E-state index in [4.69, 9.17) is 5.73 Å². The third-order valence-corrected chi connectivity index (χ3v) is 5.32. The van der Waals surface area contributed by atoms with Crippen LogP contribution in [0.15, 0.2) is 0 Å². The third-order valence-electron chi connectivity index (χ3n) is 5.32. The van der Waals surface area contributed by atoms with Crippen molar-refractivity contribution in [1.29, 1.82) is 0 Å². The van der Waals surface area contributed by atoms with Gasteiger partial charge < -0.3 is 11.1 Å². The minimum absolute atomic E-state index is 0.0405. The van der Waals surface area contributed by atoms with Gasteiger partial charge in [0.25, 0.3) is 0 Å². The smallest absolute Gasteiger partial charge is 0.224 e. The monoisotopic (exact) mass is 266 g/mol. The Morgan fingerprint density at radius 3 is 2.42 bits per heavy atom. The lowest BCUT2D eigenvalue weighted by atomic mass is 9.75. The molecule has 0 saturated heterocycles. The number of nitrogens with one attached hydrogen (secondary N) is 1. The molecule has 0 radical (unpaired) electrons. The van der Waals surface area contributed by atoms with Crippen molar-refractivity contribution in [3.8, 4) is 0 Å². The van der Waals surface area contributed by atoms with Crippen LogP contribution in [0.2, 0.25) is 0 Å². The zero-order valence-electron chi connectivity index (χ0n) is 12.7. The van der Waals surface area contributed by atoms with Crippen LogP contribution in [0.1, 0.15) is 65.7 Å². The summed E-state index contributed by atoms with van der Waals surface area (Å²) < 4.78 is 0. The summed E-state index contributed by atoms with van der Waals surface area (Å²) in [5.41, 5.74) is 6.67. The molecule has 0 spiro atoms. The van der Waals surface area contributed by atoms with E-state index in [9.17, 15) is 4.79 Å². The van der Waals surface area contributed by atoms with Gasteiger partial charge in [0.05, 0.1) is 5.92 Å². The molecule has 2 rings (SSSR count). The van der Waals surface area contributed by atoms with Crippen molar-refractivity contribution in [2.45, 2.75) is 77.8 Å². The molecule has 0 bridgehead atoms. The fraction of sp³-hybridized carbons (Fsp3) is 0.938. The fourth-order valence-corrected chi connectivity index (χ4v) is 3.60. The molecule has 3 nitrogen and oxygen atoms in total. The molecule has 0 aromatic rings. The van der Waals surface area contributed by atoms with Crippen LogP contribution < -0.4 is 11.1 Å². The Balaban J connectivity index is 1.84. The Hall–Kier alpha value is -0.570. The highest BCUT2D eigenvalue weighted by Gasteiger charge is 2.34. The number of carbonyl (C=O) groups is 1. The minimum atomic E-state index is 0.0405. The van der Waals surface area contributed by atoms with Crippen LogP contribution in [0.3, 0.4) is 0 Å². The Bertz CT molecular complexity index is 317. The van der Waals surface area contributed by atoms with E-state index in [1.807, 2.05) is 0 Å². The van der Waals surface area contributed by atoms with E-state index in [0.717, 1.165) is 25.7 Å². The van der Waals surface area contributed by atoms with Gasteiger partial charge in [-0.25, -0.2) is 0 Å². The molecule has 0 aromatic heterocycles. The van der Waals surface area contributed by atoms with Gasteiger partial charge in [-0.15, -0.1) is 0 Å². The predicted molar refractivity (Wildman–Crippen MR) is 78.7 cm³/mol. The Labute approximate surface area is 117 Å². The molecule has 3 atom stereocenters. The summed E-state index contributed by atoms with van der Waals surface area (Å²) in [5, 5.41) is 3.26. The lowest BCUT2D eigenvalue weighted by Gasteiger charge is -2.37. The summed E-state index contributed by atoms with van der Waals surface area (Å²) in [4.78, 5) is 12.4. The van der Waals surface area contributed by atoms with E-state index in [1.54, 1.807) is 0 Å². The molecule has 1 amide bonds. The zero-order valence-corrected chi connectivity index (χ0v) is 12.7. The summed E-state index contributed by atoms with van der Waals surface area (Å²) in [6.45, 7) is 6.82. The topological polar surface area (TPSA) is 55.1 Å². The lowest BCUT2D eigenvalue weighted by Crippen LogP contribution is -2.50. The second-order valence-electron chi connectivity index (χ2n) is 7.54. The fourth-order valence-electron chi connectivity index (χ4n) is 3.60. The number of amides is 1. The Morgan fingerprint density at radius 1 is 1.16 bits per heavy atom. The molecule has 3 N–H and O–H groups in total. The normalized spacial score (nSPS) is 35.9. The van der Waals surface area contributed by atoms with Crippen molar-refractivity contribution in [2.24, 2.45) is 23.0 Å². The largest absolute Gasteiger partial charge is 0.353 e. The van der Waals surface area contributed by atoms with Crippen LogP contribution in [0.25, 0.3) is 0 Å². The zero-order chi connectivity index (χ0) is 14.0. The molecule has 2 aliphatic rings. The van der Waals surface area contributed by atoms with E-state index in [0.29, 0.717) is 17.4 Å². The molecule has 110 valence electrons. The van der Waals surface area contributed by atoms with E-state index < -0.39 is 0 Å². The number of nitrogens with two attached hydrogens (primary N) is 1. The van der Waals surface area contributed by atoms with Gasteiger partial charge in [0.1, 0.15) is 0 Å². The van der Waals surface area contributed by atoms with E-state index in [1.165, 1.54) is 19.3 Å². The molecule has 3 unspecified atom stereocenters. The summed E-state index contributed by atoms with van der Waals surface area (Å²) in [7, 11) is 0. The van der Waals surface area contributed by atoms with Gasteiger partial charge in [0.15, 0.2) is 0 Å². The summed E-state index contributed by atoms with van der Waals surface area (Å²) in [6.07, 6.45) is 7.95. The van der Waals surface area contributed by atoms with Gasteiger partial charge in [-0.3, -0.25) is 4.79 Å². The lowest BCUT2D eigenvalue weighted by molar-refractivity contribution is -0.128. The maximum absolute atomic E-state index is 12.4. The Morgan fingerprint density at radius 2 is 1.79 bits per heavy atom. The van der Waals surface area contributed by atoms with Crippen LogP contribution in [0.5, 0.6) is 0 Å². The number of hydrogen-bond acceptors (Lipinski definition) is 2. The van der Waals surface area contributed by atoms with Gasteiger partial charge in [0.2, 0.25) is 5.91 Å². The summed E-state index contributed by atoms with van der Waals surface area (Å²) in [6, 6.07) is 0.429. The van der Waals surface area contributed by atoms with Gasteiger partial charge in [0, 0.05) is 12.1 Å². The van der Waals surface area contributed by atoms with Crippen LogP contribution in [0.4, 0.5) is 0 Å². The molecular weight excluding hydrogens is 236 g/mol. The number of hydrogen-bond donors (Lipinski definition) is 2. The highest BCUT2D eigenvalue weighted by molar-refractivity contribution is 5.79.